The van der Waals surface area contributed by atoms with Gasteiger partial charge >= 0.3 is 5.97 Å². The summed E-state index contributed by atoms with van der Waals surface area (Å²) in [5.74, 6) is 0.353. The first-order chi connectivity index (χ1) is 16.6. The van der Waals surface area contributed by atoms with Crippen molar-refractivity contribution in [3.63, 3.8) is 0 Å². The summed E-state index contributed by atoms with van der Waals surface area (Å²) in [6.07, 6.45) is 3.68. The van der Waals surface area contributed by atoms with Gasteiger partial charge < -0.3 is 10.1 Å². The number of benzene rings is 1. The number of sulfonamides is 1. The number of thiophene rings is 1. The Balaban J connectivity index is 1.55. The highest BCUT2D eigenvalue weighted by Gasteiger charge is 2.32. The summed E-state index contributed by atoms with van der Waals surface area (Å²) in [5.41, 5.74) is 1.77. The number of amides is 1. The molecule has 0 bridgehead atoms. The summed E-state index contributed by atoms with van der Waals surface area (Å²) in [5, 5.41) is 3.39. The zero-order valence-electron chi connectivity index (χ0n) is 20.8. The molecule has 1 amide bonds. The fourth-order valence-corrected chi connectivity index (χ4v) is 8.24. The number of piperidine rings is 1. The Morgan fingerprint density at radius 1 is 1.09 bits per heavy atom. The van der Waals surface area contributed by atoms with Gasteiger partial charge in [0.2, 0.25) is 10.0 Å². The number of nitrogens with one attached hydrogen (secondary N) is 1. The molecule has 2 heterocycles. The first kappa shape index (κ1) is 25.9. The van der Waals surface area contributed by atoms with Crippen LogP contribution in [-0.4, -0.2) is 44.3 Å². The first-order valence-electron chi connectivity index (χ1n) is 12.3. The lowest BCUT2D eigenvalue weighted by Gasteiger charge is -2.34. The third-order valence-corrected chi connectivity index (χ3v) is 9.82. The third-order valence-electron chi connectivity index (χ3n) is 6.81. The molecule has 4 rings (SSSR count). The van der Waals surface area contributed by atoms with E-state index in [-0.39, 0.29) is 17.4 Å². The minimum atomic E-state index is -3.62. The smallest absolute Gasteiger partial charge is 0.341 e. The number of esters is 1. The maximum absolute atomic E-state index is 13.1. The lowest BCUT2D eigenvalue weighted by molar-refractivity contribution is 0.0526. The van der Waals surface area contributed by atoms with Gasteiger partial charge in [-0.2, -0.15) is 4.31 Å². The van der Waals surface area contributed by atoms with E-state index >= 15 is 0 Å². The van der Waals surface area contributed by atoms with Gasteiger partial charge in [-0.05, 0) is 80.2 Å². The average molecular weight is 519 g/mol. The Kier molecular flexibility index (Phi) is 7.68. The molecule has 1 aliphatic carbocycles. The maximum Gasteiger partial charge on any atom is 0.341 e. The molecule has 1 saturated heterocycles. The highest BCUT2D eigenvalue weighted by Crippen LogP contribution is 2.40. The standard InChI is InChI=1S/C26H34N2O5S2/c1-5-33-26(30)23-21-11-6-16(2)13-22(21)34-25(23)27-24(29)19-7-9-20(10-8-19)35(31,32)28-14-17(3)12-18(4)15-28/h7-10,16-18H,5-6,11-15H2,1-4H3,(H,27,29)/t16-,17-,18-/m1/s1. The Morgan fingerprint density at radius 3 is 2.37 bits per heavy atom. The van der Waals surface area contributed by atoms with Gasteiger partial charge in [-0.15, -0.1) is 11.3 Å². The number of ether oxygens (including phenoxy) is 1. The number of anilines is 1. The Labute approximate surface area is 211 Å². The van der Waals surface area contributed by atoms with Crippen LogP contribution in [0, 0.1) is 17.8 Å². The van der Waals surface area contributed by atoms with Crippen molar-refractivity contribution in [3.8, 4) is 0 Å². The lowest BCUT2D eigenvalue weighted by atomic mass is 9.88. The molecule has 2 aromatic rings. The number of carbonyl (C=O) groups excluding carboxylic acids is 2. The molecule has 1 fully saturated rings. The van der Waals surface area contributed by atoms with Crippen molar-refractivity contribution in [1.29, 1.82) is 0 Å². The van der Waals surface area contributed by atoms with E-state index in [0.29, 0.717) is 47.0 Å². The van der Waals surface area contributed by atoms with Crippen LogP contribution in [0.1, 0.15) is 71.7 Å². The normalized spacial score (nSPS) is 22.9. The summed E-state index contributed by atoms with van der Waals surface area (Å²) in [7, 11) is -3.62. The van der Waals surface area contributed by atoms with E-state index < -0.39 is 16.0 Å². The van der Waals surface area contributed by atoms with Gasteiger partial charge in [0.15, 0.2) is 0 Å². The molecule has 1 N–H and O–H groups in total. The van der Waals surface area contributed by atoms with Crippen molar-refractivity contribution in [2.75, 3.05) is 25.0 Å². The Hall–Kier alpha value is -2.23. The zero-order chi connectivity index (χ0) is 25.3. The van der Waals surface area contributed by atoms with Crippen molar-refractivity contribution >= 4 is 38.2 Å². The average Bonchev–Trinajstić information content (AvgIpc) is 3.15. The summed E-state index contributed by atoms with van der Waals surface area (Å²) in [4.78, 5) is 27.1. The second-order valence-electron chi connectivity index (χ2n) is 10.0. The van der Waals surface area contributed by atoms with Crippen LogP contribution >= 0.6 is 11.3 Å². The summed E-state index contributed by atoms with van der Waals surface area (Å²) < 4.78 is 33.1. The molecule has 35 heavy (non-hydrogen) atoms. The number of rotatable bonds is 6. The molecule has 2 aliphatic rings. The van der Waals surface area contributed by atoms with Crippen LogP contribution in [0.15, 0.2) is 29.2 Å². The summed E-state index contributed by atoms with van der Waals surface area (Å²) in [6.45, 7) is 9.36. The van der Waals surface area contributed by atoms with Crippen LogP contribution in [0.2, 0.25) is 0 Å². The van der Waals surface area contributed by atoms with E-state index in [4.69, 9.17) is 4.74 Å². The van der Waals surface area contributed by atoms with Crippen LogP contribution in [0.3, 0.4) is 0 Å². The van der Waals surface area contributed by atoms with Crippen LogP contribution in [0.5, 0.6) is 0 Å². The molecule has 0 spiro atoms. The monoisotopic (exact) mass is 518 g/mol. The maximum atomic E-state index is 13.1. The molecule has 1 aromatic carbocycles. The van der Waals surface area contributed by atoms with Crippen LogP contribution in [0.25, 0.3) is 0 Å². The molecule has 1 aliphatic heterocycles. The van der Waals surface area contributed by atoms with Gasteiger partial charge in [0, 0.05) is 23.5 Å². The number of fused-ring (bicyclic) bond motifs is 1. The van der Waals surface area contributed by atoms with Crippen molar-refractivity contribution in [3.05, 3.63) is 45.8 Å². The Bertz CT molecular complexity index is 1190. The van der Waals surface area contributed by atoms with Gasteiger partial charge in [0.05, 0.1) is 17.1 Å². The van der Waals surface area contributed by atoms with Crippen molar-refractivity contribution in [2.45, 2.75) is 58.3 Å². The Morgan fingerprint density at radius 2 is 1.74 bits per heavy atom. The van der Waals surface area contributed by atoms with E-state index in [1.807, 2.05) is 0 Å². The van der Waals surface area contributed by atoms with Crippen molar-refractivity contribution in [2.24, 2.45) is 17.8 Å². The molecule has 0 radical (unpaired) electrons. The second-order valence-corrected chi connectivity index (χ2v) is 13.1. The van der Waals surface area contributed by atoms with E-state index in [2.05, 4.69) is 26.1 Å². The van der Waals surface area contributed by atoms with Gasteiger partial charge in [0.25, 0.3) is 5.91 Å². The molecule has 9 heteroatoms. The highest BCUT2D eigenvalue weighted by molar-refractivity contribution is 7.89. The third kappa shape index (κ3) is 5.47. The molecule has 0 saturated carbocycles. The van der Waals surface area contributed by atoms with Gasteiger partial charge in [-0.25, -0.2) is 13.2 Å². The topological polar surface area (TPSA) is 92.8 Å². The molecule has 7 nitrogen and oxygen atoms in total. The number of carbonyl (C=O) groups is 2. The van der Waals surface area contributed by atoms with Crippen LogP contribution in [-0.2, 0) is 27.6 Å². The molecule has 190 valence electrons. The van der Waals surface area contributed by atoms with E-state index in [9.17, 15) is 18.0 Å². The number of nitrogens with zero attached hydrogens (tertiary/aromatic N) is 1. The second kappa shape index (κ2) is 10.4. The van der Waals surface area contributed by atoms with Gasteiger partial charge in [-0.3, -0.25) is 4.79 Å². The largest absolute Gasteiger partial charge is 0.462 e. The molecular formula is C26H34N2O5S2. The number of hydrogen-bond donors (Lipinski definition) is 1. The molecule has 3 atom stereocenters. The van der Waals surface area contributed by atoms with Crippen LogP contribution < -0.4 is 5.32 Å². The predicted molar refractivity (Wildman–Crippen MR) is 138 cm³/mol. The zero-order valence-corrected chi connectivity index (χ0v) is 22.4. The van der Waals surface area contributed by atoms with Crippen molar-refractivity contribution in [1.82, 2.24) is 4.31 Å². The van der Waals surface area contributed by atoms with Gasteiger partial charge in [0.1, 0.15) is 5.00 Å². The number of hydrogen-bond acceptors (Lipinski definition) is 6. The minimum Gasteiger partial charge on any atom is -0.462 e. The fourth-order valence-electron chi connectivity index (χ4n) is 5.16. The quantitative estimate of drug-likeness (QED) is 0.545. The van der Waals surface area contributed by atoms with Crippen LogP contribution in [0.4, 0.5) is 5.00 Å². The fraction of sp³-hybridized carbons (Fsp3) is 0.538. The first-order valence-corrected chi connectivity index (χ1v) is 14.6. The lowest BCUT2D eigenvalue weighted by Crippen LogP contribution is -2.42. The SMILES string of the molecule is CCOC(=O)c1c(NC(=O)c2ccc(S(=O)(=O)N3C[C@H](C)C[C@@H](C)C3)cc2)sc2c1CC[C@@H](C)C2. The molecule has 0 unspecified atom stereocenters. The van der Waals surface area contributed by atoms with E-state index in [0.717, 1.165) is 36.1 Å². The van der Waals surface area contributed by atoms with E-state index in [1.165, 1.54) is 35.6 Å². The molecular weight excluding hydrogens is 484 g/mol. The molecule has 1 aromatic heterocycles. The summed E-state index contributed by atoms with van der Waals surface area (Å²) >= 11 is 1.43. The summed E-state index contributed by atoms with van der Waals surface area (Å²) in [6, 6.07) is 6.03. The minimum absolute atomic E-state index is 0.183. The van der Waals surface area contributed by atoms with E-state index in [1.54, 1.807) is 11.2 Å². The van der Waals surface area contributed by atoms with Gasteiger partial charge in [-0.1, -0.05) is 20.8 Å². The predicted octanol–water partition coefficient (Wildman–Crippen LogP) is 4.97. The highest BCUT2D eigenvalue weighted by atomic mass is 32.2. The van der Waals surface area contributed by atoms with Crippen molar-refractivity contribution < 1.29 is 22.7 Å².